The predicted octanol–water partition coefficient (Wildman–Crippen LogP) is 4.70. The van der Waals surface area contributed by atoms with Gasteiger partial charge in [-0.1, -0.05) is 39.0 Å². The minimum atomic E-state index is -0.0265. The molecule has 1 aromatic carbocycles. The Morgan fingerprint density at radius 1 is 0.880 bits per heavy atom. The number of rotatable bonds is 11. The minimum absolute atomic E-state index is 0.0265. The lowest BCUT2D eigenvalue weighted by Crippen LogP contribution is -2.21. The van der Waals surface area contributed by atoms with E-state index in [0.29, 0.717) is 5.56 Å². The van der Waals surface area contributed by atoms with Gasteiger partial charge in [0.15, 0.2) is 0 Å². The van der Waals surface area contributed by atoms with Crippen LogP contribution in [0.4, 0.5) is 0 Å². The third-order valence-corrected chi connectivity index (χ3v) is 4.19. The molecule has 0 saturated heterocycles. The van der Waals surface area contributed by atoms with Crippen molar-refractivity contribution in [1.29, 1.82) is 0 Å². The highest BCUT2D eigenvalue weighted by molar-refractivity contribution is 5.31. The van der Waals surface area contributed by atoms with Gasteiger partial charge < -0.3 is 14.0 Å². The van der Waals surface area contributed by atoms with Crippen LogP contribution < -0.4 is 15.0 Å². The molecule has 25 heavy (non-hydrogen) atoms. The molecule has 1 aromatic heterocycles. The second kappa shape index (κ2) is 10.6. The molecule has 4 heteroatoms. The van der Waals surface area contributed by atoms with Gasteiger partial charge in [-0.15, -0.1) is 0 Å². The smallest absolute Gasteiger partial charge is 0.256 e. The SMILES string of the molecule is CCCCCCCCOc1ccc(OCc2cccn(C)c2=O)cc1. The van der Waals surface area contributed by atoms with Crippen LogP contribution in [0.3, 0.4) is 0 Å². The first-order valence-electron chi connectivity index (χ1n) is 9.21. The minimum Gasteiger partial charge on any atom is -0.494 e. The van der Waals surface area contributed by atoms with E-state index in [9.17, 15) is 4.79 Å². The zero-order valence-corrected chi connectivity index (χ0v) is 15.4. The van der Waals surface area contributed by atoms with Gasteiger partial charge >= 0.3 is 0 Å². The van der Waals surface area contributed by atoms with Crippen molar-refractivity contribution in [2.24, 2.45) is 7.05 Å². The van der Waals surface area contributed by atoms with E-state index in [1.807, 2.05) is 30.3 Å². The highest BCUT2D eigenvalue weighted by atomic mass is 16.5. The topological polar surface area (TPSA) is 40.5 Å². The molecule has 0 saturated carbocycles. The molecule has 2 rings (SSSR count). The van der Waals surface area contributed by atoms with Gasteiger partial charge in [-0.05, 0) is 42.8 Å². The molecule has 0 fully saturated rings. The van der Waals surface area contributed by atoms with E-state index < -0.39 is 0 Å². The summed E-state index contributed by atoms with van der Waals surface area (Å²) in [5, 5.41) is 0. The summed E-state index contributed by atoms with van der Waals surface area (Å²) in [4.78, 5) is 11.9. The summed E-state index contributed by atoms with van der Waals surface area (Å²) < 4.78 is 13.0. The molecule has 136 valence electrons. The van der Waals surface area contributed by atoms with Crippen LogP contribution in [-0.2, 0) is 13.7 Å². The number of nitrogens with zero attached hydrogens (tertiary/aromatic N) is 1. The monoisotopic (exact) mass is 343 g/mol. The van der Waals surface area contributed by atoms with Gasteiger partial charge in [0.2, 0.25) is 0 Å². The number of unbranched alkanes of at least 4 members (excludes halogenated alkanes) is 5. The Balaban J connectivity index is 1.71. The molecule has 0 aliphatic carbocycles. The largest absolute Gasteiger partial charge is 0.494 e. The van der Waals surface area contributed by atoms with Crippen LogP contribution in [0, 0.1) is 0 Å². The Kier molecular flexibility index (Phi) is 8.10. The Morgan fingerprint density at radius 2 is 1.52 bits per heavy atom. The average Bonchev–Trinajstić information content (AvgIpc) is 2.63. The molecule has 0 bridgehead atoms. The molecule has 2 aromatic rings. The quantitative estimate of drug-likeness (QED) is 0.555. The number of aryl methyl sites for hydroxylation is 1. The molecule has 0 N–H and O–H groups in total. The highest BCUT2D eigenvalue weighted by Crippen LogP contribution is 2.18. The lowest BCUT2D eigenvalue weighted by molar-refractivity contribution is 0.295. The van der Waals surface area contributed by atoms with Crippen LogP contribution >= 0.6 is 0 Å². The molecule has 0 radical (unpaired) electrons. The normalized spacial score (nSPS) is 10.6. The van der Waals surface area contributed by atoms with E-state index in [1.54, 1.807) is 23.9 Å². The van der Waals surface area contributed by atoms with Gasteiger partial charge in [-0.25, -0.2) is 0 Å². The maximum absolute atomic E-state index is 11.9. The number of pyridine rings is 1. The summed E-state index contributed by atoms with van der Waals surface area (Å²) in [6.45, 7) is 3.26. The van der Waals surface area contributed by atoms with Gasteiger partial charge in [-0.3, -0.25) is 4.79 Å². The van der Waals surface area contributed by atoms with E-state index in [2.05, 4.69) is 6.92 Å². The average molecular weight is 343 g/mol. The van der Waals surface area contributed by atoms with Gasteiger partial charge in [-0.2, -0.15) is 0 Å². The van der Waals surface area contributed by atoms with Crippen LogP contribution in [0.25, 0.3) is 0 Å². The molecular weight excluding hydrogens is 314 g/mol. The standard InChI is InChI=1S/C21H29NO3/c1-3-4-5-6-7-8-16-24-19-11-13-20(14-12-19)25-17-18-10-9-15-22(2)21(18)23/h9-15H,3-8,16-17H2,1-2H3. The van der Waals surface area contributed by atoms with E-state index in [1.165, 1.54) is 32.1 Å². The number of benzene rings is 1. The zero-order valence-electron chi connectivity index (χ0n) is 15.4. The number of aromatic nitrogens is 1. The van der Waals surface area contributed by atoms with Gasteiger partial charge in [0, 0.05) is 13.2 Å². The van der Waals surface area contributed by atoms with Crippen LogP contribution in [-0.4, -0.2) is 11.2 Å². The molecule has 0 unspecified atom stereocenters. The third kappa shape index (κ3) is 6.65. The summed E-state index contributed by atoms with van der Waals surface area (Å²) in [5.74, 6) is 1.59. The summed E-state index contributed by atoms with van der Waals surface area (Å²) in [5.41, 5.74) is 0.620. The van der Waals surface area contributed by atoms with Crippen molar-refractivity contribution in [1.82, 2.24) is 4.57 Å². The molecule has 0 aliphatic heterocycles. The molecule has 1 heterocycles. The van der Waals surface area contributed by atoms with Crippen molar-refractivity contribution in [3.05, 3.63) is 58.5 Å². The molecule has 0 aliphatic rings. The number of hydrogen-bond acceptors (Lipinski definition) is 3. The second-order valence-electron chi connectivity index (χ2n) is 6.33. The van der Waals surface area contributed by atoms with Crippen molar-refractivity contribution in [3.8, 4) is 11.5 Å². The van der Waals surface area contributed by atoms with Gasteiger partial charge in [0.1, 0.15) is 18.1 Å². The van der Waals surface area contributed by atoms with Crippen molar-refractivity contribution < 1.29 is 9.47 Å². The molecular formula is C21H29NO3. The summed E-state index contributed by atoms with van der Waals surface area (Å²) in [7, 11) is 1.74. The molecule has 0 spiro atoms. The Hall–Kier alpha value is -2.23. The fourth-order valence-electron chi connectivity index (χ4n) is 2.63. The van der Waals surface area contributed by atoms with E-state index in [-0.39, 0.29) is 12.2 Å². The lowest BCUT2D eigenvalue weighted by atomic mass is 10.1. The van der Waals surface area contributed by atoms with Crippen LogP contribution in [0.15, 0.2) is 47.4 Å². The summed E-state index contributed by atoms with van der Waals surface area (Å²) in [6, 6.07) is 11.2. The van der Waals surface area contributed by atoms with Crippen molar-refractivity contribution >= 4 is 0 Å². The number of hydrogen-bond donors (Lipinski definition) is 0. The molecule has 0 amide bonds. The fraction of sp³-hybridized carbons (Fsp3) is 0.476. The van der Waals surface area contributed by atoms with Gasteiger partial charge in [0.25, 0.3) is 5.56 Å². The van der Waals surface area contributed by atoms with E-state index in [0.717, 1.165) is 24.5 Å². The maximum atomic E-state index is 11.9. The maximum Gasteiger partial charge on any atom is 0.256 e. The fourth-order valence-corrected chi connectivity index (χ4v) is 2.63. The zero-order chi connectivity index (χ0) is 17.9. The van der Waals surface area contributed by atoms with E-state index in [4.69, 9.17) is 9.47 Å². The molecule has 4 nitrogen and oxygen atoms in total. The molecule has 0 atom stereocenters. The Bertz CT molecular complexity index is 676. The predicted molar refractivity (Wildman–Crippen MR) is 101 cm³/mol. The van der Waals surface area contributed by atoms with Crippen LogP contribution in [0.2, 0.25) is 0 Å². The Morgan fingerprint density at radius 3 is 2.24 bits per heavy atom. The first-order chi connectivity index (χ1) is 12.2. The summed E-state index contributed by atoms with van der Waals surface area (Å²) >= 11 is 0. The Labute approximate surface area is 150 Å². The van der Waals surface area contributed by atoms with Crippen LogP contribution in [0.5, 0.6) is 11.5 Å². The lowest BCUT2D eigenvalue weighted by Gasteiger charge is -2.09. The first-order valence-corrected chi connectivity index (χ1v) is 9.21. The van der Waals surface area contributed by atoms with Gasteiger partial charge in [0.05, 0.1) is 12.2 Å². The highest BCUT2D eigenvalue weighted by Gasteiger charge is 2.02. The van der Waals surface area contributed by atoms with E-state index >= 15 is 0 Å². The van der Waals surface area contributed by atoms with Crippen molar-refractivity contribution in [2.45, 2.75) is 52.1 Å². The van der Waals surface area contributed by atoms with Crippen LogP contribution in [0.1, 0.15) is 51.0 Å². The third-order valence-electron chi connectivity index (χ3n) is 4.19. The van der Waals surface area contributed by atoms with Crippen molar-refractivity contribution in [3.63, 3.8) is 0 Å². The number of ether oxygens (including phenoxy) is 2. The second-order valence-corrected chi connectivity index (χ2v) is 6.33. The van der Waals surface area contributed by atoms with Crippen molar-refractivity contribution in [2.75, 3.05) is 6.61 Å². The summed E-state index contributed by atoms with van der Waals surface area (Å²) in [6.07, 6.45) is 9.30. The first kappa shape index (κ1) is 19.1.